The molecule has 0 amide bonds. The van der Waals surface area contributed by atoms with Gasteiger partial charge in [-0.05, 0) is 35.4 Å². The van der Waals surface area contributed by atoms with Crippen molar-refractivity contribution in [2.45, 2.75) is 24.8 Å². The first kappa shape index (κ1) is 21.4. The number of rotatable bonds is 6. The molecule has 2 aromatic carbocycles. The number of hydrogen-bond acceptors (Lipinski definition) is 4. The number of benzene rings is 2. The van der Waals surface area contributed by atoms with Gasteiger partial charge in [0.1, 0.15) is 12.1 Å². The zero-order chi connectivity index (χ0) is 21.0. The van der Waals surface area contributed by atoms with Crippen molar-refractivity contribution in [1.29, 1.82) is 0 Å². The van der Waals surface area contributed by atoms with Gasteiger partial charge in [0.05, 0.1) is 17.6 Å². The Kier molecular flexibility index (Phi) is 6.66. The van der Waals surface area contributed by atoms with Gasteiger partial charge >= 0.3 is 6.18 Å². The zero-order valence-electron chi connectivity index (χ0n) is 15.8. The van der Waals surface area contributed by atoms with E-state index in [1.54, 1.807) is 12.1 Å². The first-order valence-corrected chi connectivity index (χ1v) is 9.37. The first-order chi connectivity index (χ1) is 13.8. The molecule has 2 aromatic rings. The van der Waals surface area contributed by atoms with Crippen molar-refractivity contribution >= 4 is 6.29 Å². The lowest BCUT2D eigenvalue weighted by Crippen LogP contribution is -2.51. The first-order valence-electron chi connectivity index (χ1n) is 9.37. The third kappa shape index (κ3) is 5.41. The van der Waals surface area contributed by atoms with E-state index >= 15 is 0 Å². The smallest absolute Gasteiger partial charge is 0.320 e. The molecule has 29 heavy (non-hydrogen) atoms. The summed E-state index contributed by atoms with van der Waals surface area (Å²) in [7, 11) is 0. The van der Waals surface area contributed by atoms with E-state index in [-0.39, 0.29) is 5.82 Å². The Bertz CT molecular complexity index is 835. The normalized spacial score (nSPS) is 18.4. The molecule has 0 aliphatic carbocycles. The average Bonchev–Trinajstić information content (AvgIpc) is 2.69. The topological polar surface area (TPSA) is 49.6 Å². The van der Waals surface area contributed by atoms with Crippen LogP contribution in [0.4, 0.5) is 17.6 Å². The minimum Gasteiger partial charge on any atom is -0.320 e. The second kappa shape index (κ2) is 9.02. The molecule has 1 saturated heterocycles. The summed E-state index contributed by atoms with van der Waals surface area (Å²) in [5, 5.41) is 0. The van der Waals surface area contributed by atoms with Crippen LogP contribution >= 0.6 is 0 Å². The second-order valence-electron chi connectivity index (χ2n) is 7.22. The largest absolute Gasteiger partial charge is 0.416 e. The SMILES string of the molecule is NC(C=O)C(c1cccc(C(F)(F)F)c1)N1CCN(Cc2cccc(F)c2)CC1. The van der Waals surface area contributed by atoms with E-state index in [0.29, 0.717) is 44.6 Å². The molecule has 1 aliphatic heterocycles. The van der Waals surface area contributed by atoms with E-state index < -0.39 is 23.8 Å². The third-order valence-corrected chi connectivity index (χ3v) is 5.17. The van der Waals surface area contributed by atoms with Crippen molar-refractivity contribution in [2.75, 3.05) is 26.2 Å². The van der Waals surface area contributed by atoms with E-state index in [4.69, 9.17) is 5.73 Å². The fraction of sp³-hybridized carbons (Fsp3) is 0.381. The maximum atomic E-state index is 13.4. The minimum absolute atomic E-state index is 0.289. The Balaban J connectivity index is 1.72. The Morgan fingerprint density at radius 3 is 2.34 bits per heavy atom. The third-order valence-electron chi connectivity index (χ3n) is 5.17. The van der Waals surface area contributed by atoms with Gasteiger partial charge in [-0.15, -0.1) is 0 Å². The quantitative estimate of drug-likeness (QED) is 0.588. The number of carbonyl (C=O) groups excluding carboxylic acids is 1. The highest BCUT2D eigenvalue weighted by molar-refractivity contribution is 5.59. The molecule has 2 N–H and O–H groups in total. The summed E-state index contributed by atoms with van der Waals surface area (Å²) in [5.41, 5.74) is 6.44. The van der Waals surface area contributed by atoms with Gasteiger partial charge in [-0.1, -0.05) is 24.3 Å². The molecular weight excluding hydrogens is 386 g/mol. The number of carbonyl (C=O) groups is 1. The van der Waals surface area contributed by atoms with Gasteiger partial charge in [-0.25, -0.2) is 4.39 Å². The number of aldehydes is 1. The Hall–Kier alpha value is -2.29. The van der Waals surface area contributed by atoms with Crippen LogP contribution in [-0.2, 0) is 17.5 Å². The summed E-state index contributed by atoms with van der Waals surface area (Å²) in [6.07, 6.45) is -3.89. The monoisotopic (exact) mass is 409 g/mol. The Morgan fingerprint density at radius 2 is 1.72 bits per heavy atom. The van der Waals surface area contributed by atoms with E-state index in [1.807, 2.05) is 11.0 Å². The van der Waals surface area contributed by atoms with Gasteiger partial charge in [0.25, 0.3) is 0 Å². The Morgan fingerprint density at radius 1 is 1.03 bits per heavy atom. The van der Waals surface area contributed by atoms with Crippen LogP contribution in [0.3, 0.4) is 0 Å². The summed E-state index contributed by atoms with van der Waals surface area (Å²) in [6.45, 7) is 2.93. The van der Waals surface area contributed by atoms with Gasteiger partial charge in [0.2, 0.25) is 0 Å². The highest BCUT2D eigenvalue weighted by Gasteiger charge is 2.34. The van der Waals surface area contributed by atoms with E-state index in [1.165, 1.54) is 18.2 Å². The maximum absolute atomic E-state index is 13.4. The average molecular weight is 409 g/mol. The number of halogens is 4. The number of nitrogens with two attached hydrogens (primary N) is 1. The fourth-order valence-corrected chi connectivity index (χ4v) is 3.74. The highest BCUT2D eigenvalue weighted by atomic mass is 19.4. The van der Waals surface area contributed by atoms with Crippen molar-refractivity contribution < 1.29 is 22.4 Å². The maximum Gasteiger partial charge on any atom is 0.416 e. The van der Waals surface area contributed by atoms with Crippen LogP contribution in [0, 0.1) is 5.82 Å². The van der Waals surface area contributed by atoms with E-state index in [2.05, 4.69) is 4.90 Å². The van der Waals surface area contributed by atoms with Gasteiger partial charge in [0.15, 0.2) is 0 Å². The molecule has 156 valence electrons. The molecule has 0 aromatic heterocycles. The lowest BCUT2D eigenvalue weighted by Gasteiger charge is -2.40. The molecule has 0 radical (unpaired) electrons. The van der Waals surface area contributed by atoms with Crippen LogP contribution < -0.4 is 5.73 Å². The summed E-state index contributed by atoms with van der Waals surface area (Å²) in [4.78, 5) is 15.4. The zero-order valence-corrected chi connectivity index (χ0v) is 15.8. The molecule has 1 aliphatic rings. The van der Waals surface area contributed by atoms with Gasteiger partial charge in [0, 0.05) is 32.7 Å². The molecule has 1 fully saturated rings. The highest BCUT2D eigenvalue weighted by Crippen LogP contribution is 2.33. The number of piperazine rings is 1. The predicted molar refractivity (Wildman–Crippen MR) is 101 cm³/mol. The van der Waals surface area contributed by atoms with Crippen LogP contribution in [0.5, 0.6) is 0 Å². The summed E-state index contributed by atoms with van der Waals surface area (Å²) in [5.74, 6) is -0.289. The predicted octanol–water partition coefficient (Wildman–Crippen LogP) is 3.23. The fourth-order valence-electron chi connectivity index (χ4n) is 3.74. The van der Waals surface area contributed by atoms with Crippen molar-refractivity contribution in [1.82, 2.24) is 9.80 Å². The molecule has 2 unspecified atom stereocenters. The molecule has 0 spiro atoms. The van der Waals surface area contributed by atoms with Crippen LogP contribution in [0.2, 0.25) is 0 Å². The van der Waals surface area contributed by atoms with Crippen LogP contribution in [0.15, 0.2) is 48.5 Å². The minimum atomic E-state index is -4.46. The molecule has 1 heterocycles. The van der Waals surface area contributed by atoms with Crippen LogP contribution in [0.25, 0.3) is 0 Å². The molecule has 8 heteroatoms. The van der Waals surface area contributed by atoms with Gasteiger partial charge < -0.3 is 10.5 Å². The van der Waals surface area contributed by atoms with Gasteiger partial charge in [-0.3, -0.25) is 9.80 Å². The van der Waals surface area contributed by atoms with Crippen LogP contribution in [-0.4, -0.2) is 48.3 Å². The van der Waals surface area contributed by atoms with Crippen molar-refractivity contribution in [3.8, 4) is 0 Å². The van der Waals surface area contributed by atoms with E-state index in [0.717, 1.165) is 17.7 Å². The second-order valence-corrected chi connectivity index (χ2v) is 7.22. The van der Waals surface area contributed by atoms with Crippen LogP contribution in [0.1, 0.15) is 22.7 Å². The summed E-state index contributed by atoms with van der Waals surface area (Å²) >= 11 is 0. The molecule has 3 rings (SSSR count). The number of nitrogens with zero attached hydrogens (tertiary/aromatic N) is 2. The van der Waals surface area contributed by atoms with Crippen molar-refractivity contribution in [3.63, 3.8) is 0 Å². The molecular formula is C21H23F4N3O. The molecule has 4 nitrogen and oxygen atoms in total. The van der Waals surface area contributed by atoms with Gasteiger partial charge in [-0.2, -0.15) is 13.2 Å². The number of hydrogen-bond donors (Lipinski definition) is 1. The lowest BCUT2D eigenvalue weighted by atomic mass is 9.96. The van der Waals surface area contributed by atoms with Crippen molar-refractivity contribution in [2.24, 2.45) is 5.73 Å². The lowest BCUT2D eigenvalue weighted by molar-refractivity contribution is -0.137. The standard InChI is InChI=1S/C21H23F4N3O/c22-18-6-1-3-15(11-18)13-27-7-9-28(10-8-27)20(19(26)14-29)16-4-2-5-17(12-16)21(23,24)25/h1-6,11-12,14,19-20H,7-10,13,26H2. The molecule has 0 bridgehead atoms. The summed E-state index contributed by atoms with van der Waals surface area (Å²) in [6, 6.07) is 9.79. The van der Waals surface area contributed by atoms with Crippen molar-refractivity contribution in [3.05, 3.63) is 71.0 Å². The number of alkyl halides is 3. The van der Waals surface area contributed by atoms with E-state index in [9.17, 15) is 22.4 Å². The molecule has 0 saturated carbocycles. The summed E-state index contributed by atoms with van der Waals surface area (Å²) < 4.78 is 52.7. The molecule has 2 atom stereocenters. The Labute approximate surface area is 166 Å².